The van der Waals surface area contributed by atoms with Gasteiger partial charge >= 0.3 is 0 Å². The van der Waals surface area contributed by atoms with Gasteiger partial charge in [-0.15, -0.1) is 0 Å². The van der Waals surface area contributed by atoms with Crippen LogP contribution in [0, 0.1) is 11.8 Å². The minimum absolute atomic E-state index is 0.0223. The predicted molar refractivity (Wildman–Crippen MR) is 81.3 cm³/mol. The van der Waals surface area contributed by atoms with Crippen LogP contribution in [0.15, 0.2) is 24.3 Å². The van der Waals surface area contributed by atoms with E-state index in [1.807, 2.05) is 45.2 Å². The molecule has 0 aliphatic carbocycles. The number of imidazole rings is 1. The molecule has 4 nitrogen and oxygen atoms in total. The highest BCUT2D eigenvalue weighted by Crippen LogP contribution is 2.25. The first-order valence-electron chi connectivity index (χ1n) is 7.13. The van der Waals surface area contributed by atoms with Crippen molar-refractivity contribution in [2.45, 2.75) is 33.7 Å². The Morgan fingerprint density at radius 2 is 1.85 bits per heavy atom. The van der Waals surface area contributed by atoms with E-state index in [0.29, 0.717) is 0 Å². The van der Waals surface area contributed by atoms with E-state index >= 15 is 0 Å². The number of rotatable bonds is 4. The van der Waals surface area contributed by atoms with Crippen LogP contribution < -0.4 is 5.32 Å². The number of aromatic nitrogens is 2. The first-order chi connectivity index (χ1) is 9.41. The van der Waals surface area contributed by atoms with Crippen LogP contribution in [0.4, 0.5) is 0 Å². The van der Waals surface area contributed by atoms with E-state index in [-0.39, 0.29) is 23.8 Å². The molecule has 108 valence electrons. The Labute approximate surface area is 120 Å². The Balaban J connectivity index is 2.41. The predicted octanol–water partition coefficient (Wildman–Crippen LogP) is 3.04. The topological polar surface area (TPSA) is 46.9 Å². The summed E-state index contributed by atoms with van der Waals surface area (Å²) in [5.74, 6) is 1.24. The summed E-state index contributed by atoms with van der Waals surface area (Å²) in [7, 11) is 2.00. The molecule has 0 aliphatic heterocycles. The van der Waals surface area contributed by atoms with Crippen LogP contribution in [-0.4, -0.2) is 15.5 Å². The largest absolute Gasteiger partial charge is 0.346 e. The van der Waals surface area contributed by atoms with Crippen LogP contribution in [0.3, 0.4) is 0 Å². The van der Waals surface area contributed by atoms with E-state index < -0.39 is 0 Å². The lowest BCUT2D eigenvalue weighted by Crippen LogP contribution is -2.35. The molecule has 1 N–H and O–H groups in total. The number of amides is 1. The Morgan fingerprint density at radius 1 is 1.20 bits per heavy atom. The molecular weight excluding hydrogens is 250 g/mol. The Kier molecular flexibility index (Phi) is 4.12. The van der Waals surface area contributed by atoms with Gasteiger partial charge in [-0.25, -0.2) is 4.98 Å². The Bertz CT molecular complexity index is 613. The third-order valence-corrected chi connectivity index (χ3v) is 3.59. The van der Waals surface area contributed by atoms with Crippen LogP contribution in [0.1, 0.15) is 39.6 Å². The van der Waals surface area contributed by atoms with Crippen molar-refractivity contribution in [3.63, 3.8) is 0 Å². The molecular formula is C16H23N3O. The molecule has 2 aromatic rings. The Hall–Kier alpha value is -1.84. The number of carbonyl (C=O) groups excluding carboxylic acids is 1. The maximum Gasteiger partial charge on any atom is 0.223 e. The van der Waals surface area contributed by atoms with Gasteiger partial charge in [0.05, 0.1) is 17.1 Å². The molecule has 4 heteroatoms. The number of hydrogen-bond donors (Lipinski definition) is 1. The molecule has 20 heavy (non-hydrogen) atoms. The van der Waals surface area contributed by atoms with E-state index in [1.54, 1.807) is 0 Å². The molecule has 0 saturated heterocycles. The van der Waals surface area contributed by atoms with Crippen molar-refractivity contribution in [3.05, 3.63) is 30.1 Å². The highest BCUT2D eigenvalue weighted by molar-refractivity contribution is 5.79. The fourth-order valence-electron chi connectivity index (χ4n) is 2.29. The second-order valence-electron chi connectivity index (χ2n) is 5.90. The van der Waals surface area contributed by atoms with E-state index in [1.165, 1.54) is 0 Å². The monoisotopic (exact) mass is 273 g/mol. The van der Waals surface area contributed by atoms with E-state index in [9.17, 15) is 4.79 Å². The molecule has 1 heterocycles. The van der Waals surface area contributed by atoms with Gasteiger partial charge in [-0.2, -0.15) is 0 Å². The molecule has 0 saturated carbocycles. The van der Waals surface area contributed by atoms with Crippen LogP contribution in [0.2, 0.25) is 0 Å². The molecule has 0 fully saturated rings. The van der Waals surface area contributed by atoms with Crippen LogP contribution in [-0.2, 0) is 11.8 Å². The van der Waals surface area contributed by atoms with Crippen LogP contribution in [0.5, 0.6) is 0 Å². The number of fused-ring (bicyclic) bond motifs is 1. The first kappa shape index (κ1) is 14.6. The van der Waals surface area contributed by atoms with Gasteiger partial charge in [-0.3, -0.25) is 4.79 Å². The summed E-state index contributed by atoms with van der Waals surface area (Å²) in [5, 5.41) is 3.11. The summed E-state index contributed by atoms with van der Waals surface area (Å²) in [6.07, 6.45) is 0. The minimum atomic E-state index is -0.0673. The quantitative estimate of drug-likeness (QED) is 0.930. The zero-order chi connectivity index (χ0) is 14.9. The van der Waals surface area contributed by atoms with Crippen molar-refractivity contribution < 1.29 is 4.79 Å². The van der Waals surface area contributed by atoms with Gasteiger partial charge < -0.3 is 9.88 Å². The van der Waals surface area contributed by atoms with E-state index in [4.69, 9.17) is 4.98 Å². The lowest BCUT2D eigenvalue weighted by atomic mass is 10.0. The SMILES string of the molecule is CC(C)C(=O)N[C@@H](c1nc2ccccc2n1C)C(C)C. The molecule has 0 bridgehead atoms. The number of hydrogen-bond acceptors (Lipinski definition) is 2. The lowest BCUT2D eigenvalue weighted by Gasteiger charge is -2.23. The van der Waals surface area contributed by atoms with Crippen molar-refractivity contribution in [1.82, 2.24) is 14.9 Å². The van der Waals surface area contributed by atoms with Crippen molar-refractivity contribution in [2.75, 3.05) is 0 Å². The lowest BCUT2D eigenvalue weighted by molar-refractivity contribution is -0.125. The van der Waals surface area contributed by atoms with Gasteiger partial charge in [0.15, 0.2) is 0 Å². The molecule has 2 rings (SSSR count). The number of carbonyl (C=O) groups is 1. The third-order valence-electron chi connectivity index (χ3n) is 3.59. The molecule has 0 spiro atoms. The maximum absolute atomic E-state index is 12.0. The van der Waals surface area contributed by atoms with Crippen LogP contribution >= 0.6 is 0 Å². The number of aryl methyl sites for hydroxylation is 1. The molecule has 1 aromatic carbocycles. The van der Waals surface area contributed by atoms with E-state index in [0.717, 1.165) is 16.9 Å². The standard InChI is InChI=1S/C16H23N3O/c1-10(2)14(18-16(20)11(3)4)15-17-12-8-6-7-9-13(12)19(15)5/h6-11,14H,1-5H3,(H,18,20)/t14-/m1/s1. The first-order valence-corrected chi connectivity index (χ1v) is 7.13. The normalized spacial score (nSPS) is 13.2. The minimum Gasteiger partial charge on any atom is -0.346 e. The molecule has 0 radical (unpaired) electrons. The smallest absolute Gasteiger partial charge is 0.223 e. The zero-order valence-electron chi connectivity index (χ0n) is 12.8. The summed E-state index contributed by atoms with van der Waals surface area (Å²) < 4.78 is 2.07. The fourth-order valence-corrected chi connectivity index (χ4v) is 2.29. The molecule has 1 aromatic heterocycles. The number of para-hydroxylation sites is 2. The summed E-state index contributed by atoms with van der Waals surface area (Å²) in [6.45, 7) is 8.01. The van der Waals surface area contributed by atoms with E-state index in [2.05, 4.69) is 23.7 Å². The number of nitrogens with one attached hydrogen (secondary N) is 1. The third kappa shape index (κ3) is 2.69. The molecule has 1 amide bonds. The summed E-state index contributed by atoms with van der Waals surface area (Å²) in [4.78, 5) is 16.7. The van der Waals surface area contributed by atoms with Crippen molar-refractivity contribution in [1.29, 1.82) is 0 Å². The van der Waals surface area contributed by atoms with Gasteiger partial charge in [-0.1, -0.05) is 39.8 Å². The van der Waals surface area contributed by atoms with Crippen LogP contribution in [0.25, 0.3) is 11.0 Å². The van der Waals surface area contributed by atoms with Gasteiger partial charge in [0, 0.05) is 13.0 Å². The summed E-state index contributed by atoms with van der Waals surface area (Å²) in [5.41, 5.74) is 2.06. The van der Waals surface area contributed by atoms with Crippen molar-refractivity contribution in [2.24, 2.45) is 18.9 Å². The highest BCUT2D eigenvalue weighted by Gasteiger charge is 2.24. The maximum atomic E-state index is 12.0. The van der Waals surface area contributed by atoms with Gasteiger partial charge in [0.2, 0.25) is 5.91 Å². The van der Waals surface area contributed by atoms with Gasteiger partial charge in [-0.05, 0) is 18.1 Å². The highest BCUT2D eigenvalue weighted by atomic mass is 16.1. The van der Waals surface area contributed by atoms with Crippen molar-refractivity contribution in [3.8, 4) is 0 Å². The fraction of sp³-hybridized carbons (Fsp3) is 0.500. The van der Waals surface area contributed by atoms with Gasteiger partial charge in [0.25, 0.3) is 0 Å². The van der Waals surface area contributed by atoms with Crippen molar-refractivity contribution >= 4 is 16.9 Å². The summed E-state index contributed by atoms with van der Waals surface area (Å²) >= 11 is 0. The van der Waals surface area contributed by atoms with Gasteiger partial charge in [0.1, 0.15) is 5.82 Å². The average molecular weight is 273 g/mol. The number of benzene rings is 1. The second-order valence-corrected chi connectivity index (χ2v) is 5.90. The molecule has 0 aliphatic rings. The zero-order valence-corrected chi connectivity index (χ0v) is 12.8. The second kappa shape index (κ2) is 5.65. The number of nitrogens with zero attached hydrogens (tertiary/aromatic N) is 2. The molecule has 0 unspecified atom stereocenters. The Morgan fingerprint density at radius 3 is 2.40 bits per heavy atom. The summed E-state index contributed by atoms with van der Waals surface area (Å²) in [6, 6.07) is 7.97. The average Bonchev–Trinajstić information content (AvgIpc) is 2.73. The molecule has 1 atom stereocenters.